The monoisotopic (exact) mass is 449 g/mol. The fraction of sp³-hybridized carbons (Fsp3) is 0.304. The summed E-state index contributed by atoms with van der Waals surface area (Å²) in [6.45, 7) is 13.3. The molecule has 9 heteroatoms. The Kier molecular flexibility index (Phi) is 11.4. The van der Waals surface area contributed by atoms with Crippen LogP contribution in [-0.4, -0.2) is 24.1 Å². The maximum atomic E-state index is 14.9. The summed E-state index contributed by atoms with van der Waals surface area (Å²) in [4.78, 5) is 21.3. The molecule has 174 valence electrons. The molecule has 0 aliphatic heterocycles. The van der Waals surface area contributed by atoms with Crippen LogP contribution in [0.1, 0.15) is 43.6 Å². The number of carbonyl (C=O) groups is 1. The van der Waals surface area contributed by atoms with E-state index >= 15 is 0 Å². The van der Waals surface area contributed by atoms with Crippen molar-refractivity contribution < 1.29 is 27.6 Å². The number of benzene rings is 2. The van der Waals surface area contributed by atoms with E-state index in [1.807, 2.05) is 27.7 Å². The lowest BCUT2D eigenvalue weighted by molar-refractivity contribution is 0.0145. The summed E-state index contributed by atoms with van der Waals surface area (Å²) in [6.07, 6.45) is 2.28. The number of aromatic nitrogens is 1. The van der Waals surface area contributed by atoms with Crippen molar-refractivity contribution in [2.24, 2.45) is 0 Å². The molecular formula is C23H29F2N3O4. The Morgan fingerprint density at radius 2 is 1.91 bits per heavy atom. The topological polar surface area (TPSA) is 85.6 Å². The van der Waals surface area contributed by atoms with Crippen LogP contribution in [0.4, 0.5) is 20.2 Å². The van der Waals surface area contributed by atoms with E-state index in [4.69, 9.17) is 14.0 Å². The molecule has 0 saturated carbocycles. The van der Waals surface area contributed by atoms with Crippen LogP contribution in [0.3, 0.4) is 0 Å². The Balaban J connectivity index is 0.00000121. The number of rotatable bonds is 8. The highest BCUT2D eigenvalue weighted by molar-refractivity contribution is 6.03. The molecule has 3 aromatic rings. The van der Waals surface area contributed by atoms with Crippen LogP contribution >= 0.6 is 0 Å². The zero-order chi connectivity index (χ0) is 24.1. The first kappa shape index (κ1) is 26.6. The Morgan fingerprint density at radius 3 is 2.56 bits per heavy atom. The summed E-state index contributed by atoms with van der Waals surface area (Å²) in [5.74, 6) is -2.21. The number of anilines is 2. The van der Waals surface area contributed by atoms with E-state index in [1.54, 1.807) is 13.0 Å². The van der Waals surface area contributed by atoms with Gasteiger partial charge in [0.2, 0.25) is 0 Å². The van der Waals surface area contributed by atoms with Crippen LogP contribution < -0.4 is 10.8 Å². The largest absolute Gasteiger partial charge is 0.499 e. The number of amides is 1. The summed E-state index contributed by atoms with van der Waals surface area (Å²) in [5, 5.41) is 2.62. The summed E-state index contributed by atoms with van der Waals surface area (Å²) in [6, 6.07) is 5.68. The molecule has 0 radical (unpaired) electrons. The third-order valence-corrected chi connectivity index (χ3v) is 3.78. The SMILES string of the molecule is C=COCCONC(=O)c1cc2ocnc2c(F)c1Nc1ccc(C)cc1F.CC.CC. The summed E-state index contributed by atoms with van der Waals surface area (Å²) >= 11 is 0. The molecule has 32 heavy (non-hydrogen) atoms. The van der Waals surface area contributed by atoms with E-state index in [2.05, 4.69) is 22.4 Å². The number of oxazole rings is 1. The zero-order valence-corrected chi connectivity index (χ0v) is 18.9. The summed E-state index contributed by atoms with van der Waals surface area (Å²) in [7, 11) is 0. The fourth-order valence-electron chi connectivity index (χ4n) is 2.46. The van der Waals surface area contributed by atoms with Crippen LogP contribution in [0.15, 0.2) is 47.9 Å². The van der Waals surface area contributed by atoms with Crippen LogP contribution in [-0.2, 0) is 9.57 Å². The van der Waals surface area contributed by atoms with Gasteiger partial charge in [0.1, 0.15) is 24.5 Å². The van der Waals surface area contributed by atoms with Crippen molar-refractivity contribution in [3.63, 3.8) is 0 Å². The second-order valence-electron chi connectivity index (χ2n) is 5.74. The number of hydrogen-bond acceptors (Lipinski definition) is 6. The molecule has 0 aliphatic rings. The zero-order valence-electron chi connectivity index (χ0n) is 18.9. The summed E-state index contributed by atoms with van der Waals surface area (Å²) in [5.41, 5.74) is 2.44. The number of nitrogens with zero attached hydrogens (tertiary/aromatic N) is 1. The number of nitrogens with one attached hydrogen (secondary N) is 2. The number of aryl methyl sites for hydroxylation is 1. The predicted octanol–water partition coefficient (Wildman–Crippen LogP) is 6.03. The number of fused-ring (bicyclic) bond motifs is 1. The van der Waals surface area contributed by atoms with Crippen molar-refractivity contribution >= 4 is 28.4 Å². The number of hydroxylamine groups is 1. The molecular weight excluding hydrogens is 420 g/mol. The van der Waals surface area contributed by atoms with Crippen molar-refractivity contribution in [1.29, 1.82) is 0 Å². The minimum atomic E-state index is -0.855. The lowest BCUT2D eigenvalue weighted by Crippen LogP contribution is -2.26. The van der Waals surface area contributed by atoms with Crippen LogP contribution in [0.25, 0.3) is 11.1 Å². The van der Waals surface area contributed by atoms with Crippen molar-refractivity contribution in [3.05, 3.63) is 66.3 Å². The number of carbonyl (C=O) groups excluding carboxylic acids is 1. The van der Waals surface area contributed by atoms with Gasteiger partial charge in [-0.05, 0) is 30.7 Å². The van der Waals surface area contributed by atoms with E-state index in [9.17, 15) is 13.6 Å². The Bertz CT molecular complexity index is 1020. The molecule has 0 saturated heterocycles. The smallest absolute Gasteiger partial charge is 0.277 e. The average molecular weight is 449 g/mol. The second-order valence-corrected chi connectivity index (χ2v) is 5.74. The molecule has 0 aliphatic carbocycles. The van der Waals surface area contributed by atoms with Crippen molar-refractivity contribution in [2.75, 3.05) is 18.5 Å². The molecule has 0 bridgehead atoms. The Labute approximate surface area is 186 Å². The van der Waals surface area contributed by atoms with Crippen molar-refractivity contribution in [1.82, 2.24) is 10.5 Å². The molecule has 0 fully saturated rings. The molecule has 1 heterocycles. The van der Waals surface area contributed by atoms with Crippen molar-refractivity contribution in [2.45, 2.75) is 34.6 Å². The molecule has 2 aromatic carbocycles. The Hall–Kier alpha value is -3.46. The first-order valence-electron chi connectivity index (χ1n) is 10.2. The molecule has 1 amide bonds. The van der Waals surface area contributed by atoms with Gasteiger partial charge in [-0.1, -0.05) is 40.3 Å². The van der Waals surface area contributed by atoms with Gasteiger partial charge in [0.25, 0.3) is 5.91 Å². The minimum absolute atomic E-state index is 0.00157. The van der Waals surface area contributed by atoms with Gasteiger partial charge < -0.3 is 14.5 Å². The quantitative estimate of drug-likeness (QED) is 0.248. The normalized spacial score (nSPS) is 9.72. The van der Waals surface area contributed by atoms with Gasteiger partial charge in [0.05, 0.1) is 23.2 Å². The molecule has 7 nitrogen and oxygen atoms in total. The van der Waals surface area contributed by atoms with Gasteiger partial charge >= 0.3 is 0 Å². The van der Waals surface area contributed by atoms with E-state index in [1.165, 1.54) is 24.5 Å². The van der Waals surface area contributed by atoms with Gasteiger partial charge in [0, 0.05) is 0 Å². The summed E-state index contributed by atoms with van der Waals surface area (Å²) < 4.78 is 39.1. The number of hydrogen-bond donors (Lipinski definition) is 2. The fourth-order valence-corrected chi connectivity index (χ4v) is 2.46. The predicted molar refractivity (Wildman–Crippen MR) is 121 cm³/mol. The highest BCUT2D eigenvalue weighted by Gasteiger charge is 2.22. The maximum absolute atomic E-state index is 14.9. The first-order valence-corrected chi connectivity index (χ1v) is 10.2. The standard InChI is InChI=1S/C19H17F2N3O4.2C2H6/c1-3-26-6-7-28-24-19(25)12-9-15-18(22-10-27-15)16(21)17(12)23-14-5-4-11(2)8-13(14)20;2*1-2/h3-5,8-10,23H,1,6-7H2,2H3,(H,24,25);2*1-2H3. The molecule has 2 N–H and O–H groups in total. The van der Waals surface area contributed by atoms with Gasteiger partial charge in [-0.2, -0.15) is 0 Å². The highest BCUT2D eigenvalue weighted by Crippen LogP contribution is 2.31. The average Bonchev–Trinajstić information content (AvgIpc) is 3.28. The molecule has 0 spiro atoms. The van der Waals surface area contributed by atoms with Gasteiger partial charge in [-0.15, -0.1) is 0 Å². The number of ether oxygens (including phenoxy) is 1. The third-order valence-electron chi connectivity index (χ3n) is 3.78. The third kappa shape index (κ3) is 6.78. The lowest BCUT2D eigenvalue weighted by Gasteiger charge is -2.14. The molecule has 0 unspecified atom stereocenters. The minimum Gasteiger partial charge on any atom is -0.499 e. The molecule has 3 rings (SSSR count). The van der Waals surface area contributed by atoms with Crippen molar-refractivity contribution in [3.8, 4) is 0 Å². The van der Waals surface area contributed by atoms with E-state index in [0.29, 0.717) is 5.56 Å². The van der Waals surface area contributed by atoms with Crippen LogP contribution in [0, 0.1) is 18.6 Å². The van der Waals surface area contributed by atoms with E-state index < -0.39 is 17.5 Å². The molecule has 0 atom stereocenters. The maximum Gasteiger partial charge on any atom is 0.277 e. The Morgan fingerprint density at radius 1 is 1.19 bits per heavy atom. The lowest BCUT2D eigenvalue weighted by atomic mass is 10.1. The van der Waals surface area contributed by atoms with Gasteiger partial charge in [-0.3, -0.25) is 9.63 Å². The second kappa shape index (κ2) is 13.8. The van der Waals surface area contributed by atoms with Crippen LogP contribution in [0.5, 0.6) is 0 Å². The first-order chi connectivity index (χ1) is 15.5. The van der Waals surface area contributed by atoms with Gasteiger partial charge in [-0.25, -0.2) is 19.2 Å². The molecule has 1 aromatic heterocycles. The van der Waals surface area contributed by atoms with Gasteiger partial charge in [0.15, 0.2) is 17.8 Å². The number of halogens is 2. The van der Waals surface area contributed by atoms with Crippen LogP contribution in [0.2, 0.25) is 0 Å². The highest BCUT2D eigenvalue weighted by atomic mass is 19.1. The van der Waals surface area contributed by atoms with E-state index in [0.717, 1.165) is 6.39 Å². The van der Waals surface area contributed by atoms with E-state index in [-0.39, 0.29) is 41.3 Å².